The largest absolute Gasteiger partial charge is 0.232 e. The molecule has 0 aliphatic rings. The Kier molecular flexibility index (Phi) is 4.67. The second-order valence-corrected chi connectivity index (χ2v) is 1.98. The first kappa shape index (κ1) is 7.70. The molecule has 0 bridgehead atoms. The molecule has 1 nitrogen and oxygen atoms in total. The summed E-state index contributed by atoms with van der Waals surface area (Å²) in [5, 5.41) is 10.1. The molecule has 0 aliphatic heterocycles. The first-order chi connectivity index (χ1) is 3.81. The maximum Gasteiger partial charge on any atom is 0.103 e. The molecule has 0 aromatic rings. The van der Waals surface area contributed by atoms with Crippen molar-refractivity contribution in [3.63, 3.8) is 0 Å². The molecule has 0 unspecified atom stereocenters. The van der Waals surface area contributed by atoms with E-state index < -0.39 is 0 Å². The summed E-state index contributed by atoms with van der Waals surface area (Å²) in [4.78, 5) is 0. The SMILES string of the molecule is CCC/C=C(\C)C[O]. The Hall–Kier alpha value is -0.300. The van der Waals surface area contributed by atoms with Crippen LogP contribution in [-0.2, 0) is 5.11 Å². The van der Waals surface area contributed by atoms with E-state index in [9.17, 15) is 5.11 Å². The topological polar surface area (TPSA) is 19.9 Å². The number of hydrogen-bond donors (Lipinski definition) is 0. The molecule has 0 spiro atoms. The van der Waals surface area contributed by atoms with Crippen LogP contribution in [0.3, 0.4) is 0 Å². The Morgan fingerprint density at radius 3 is 2.62 bits per heavy atom. The molecule has 8 heavy (non-hydrogen) atoms. The third kappa shape index (κ3) is 3.88. The molecule has 0 fully saturated rings. The van der Waals surface area contributed by atoms with E-state index in [0.717, 1.165) is 18.4 Å². The lowest BCUT2D eigenvalue weighted by Gasteiger charge is -1.89. The van der Waals surface area contributed by atoms with Gasteiger partial charge in [-0.15, -0.1) is 0 Å². The molecular formula is C7H13O. The summed E-state index contributed by atoms with van der Waals surface area (Å²) in [5.74, 6) is 0. The fourth-order valence-corrected chi connectivity index (χ4v) is 0.450. The van der Waals surface area contributed by atoms with Gasteiger partial charge in [-0.25, -0.2) is 5.11 Å². The van der Waals surface area contributed by atoms with Crippen LogP contribution in [0.5, 0.6) is 0 Å². The van der Waals surface area contributed by atoms with Gasteiger partial charge in [-0.3, -0.25) is 0 Å². The normalized spacial score (nSPS) is 12.1. The highest BCUT2D eigenvalue weighted by Gasteiger charge is 1.82. The second-order valence-electron chi connectivity index (χ2n) is 1.98. The van der Waals surface area contributed by atoms with Crippen molar-refractivity contribution in [2.24, 2.45) is 0 Å². The van der Waals surface area contributed by atoms with E-state index in [1.165, 1.54) is 0 Å². The van der Waals surface area contributed by atoms with Crippen LogP contribution in [0.4, 0.5) is 0 Å². The van der Waals surface area contributed by atoms with Crippen molar-refractivity contribution in [2.75, 3.05) is 6.61 Å². The van der Waals surface area contributed by atoms with Crippen LogP contribution in [0.25, 0.3) is 0 Å². The Labute approximate surface area is 51.0 Å². The minimum absolute atomic E-state index is 0.0417. The third-order valence-electron chi connectivity index (χ3n) is 1.01. The van der Waals surface area contributed by atoms with Crippen molar-refractivity contribution in [1.82, 2.24) is 0 Å². The fraction of sp³-hybridized carbons (Fsp3) is 0.714. The molecule has 47 valence electrons. The van der Waals surface area contributed by atoms with Crippen LogP contribution in [-0.4, -0.2) is 6.61 Å². The van der Waals surface area contributed by atoms with Crippen LogP contribution < -0.4 is 0 Å². The first-order valence-electron chi connectivity index (χ1n) is 3.05. The van der Waals surface area contributed by atoms with Crippen molar-refractivity contribution in [3.05, 3.63) is 11.6 Å². The van der Waals surface area contributed by atoms with Gasteiger partial charge in [-0.1, -0.05) is 19.4 Å². The van der Waals surface area contributed by atoms with E-state index >= 15 is 0 Å². The molecule has 0 heterocycles. The van der Waals surface area contributed by atoms with Gasteiger partial charge < -0.3 is 0 Å². The maximum atomic E-state index is 10.1. The molecule has 0 aliphatic carbocycles. The molecule has 0 atom stereocenters. The third-order valence-corrected chi connectivity index (χ3v) is 1.01. The van der Waals surface area contributed by atoms with E-state index in [0.29, 0.717) is 0 Å². The monoisotopic (exact) mass is 113 g/mol. The van der Waals surface area contributed by atoms with Crippen LogP contribution in [0.15, 0.2) is 11.6 Å². The number of rotatable bonds is 3. The average molecular weight is 113 g/mol. The highest BCUT2D eigenvalue weighted by atomic mass is 16.3. The van der Waals surface area contributed by atoms with Gasteiger partial charge in [0, 0.05) is 0 Å². The van der Waals surface area contributed by atoms with E-state index in [2.05, 4.69) is 6.92 Å². The zero-order valence-electron chi connectivity index (χ0n) is 5.61. The van der Waals surface area contributed by atoms with Gasteiger partial charge in [0.1, 0.15) is 6.61 Å². The highest BCUT2D eigenvalue weighted by molar-refractivity contribution is 4.96. The van der Waals surface area contributed by atoms with Crippen molar-refractivity contribution in [2.45, 2.75) is 26.7 Å². The maximum absolute atomic E-state index is 10.1. The molecule has 1 heteroatoms. The van der Waals surface area contributed by atoms with E-state index in [1.807, 2.05) is 13.0 Å². The molecule has 0 saturated heterocycles. The fourth-order valence-electron chi connectivity index (χ4n) is 0.450. The van der Waals surface area contributed by atoms with Gasteiger partial charge in [0.15, 0.2) is 0 Å². The van der Waals surface area contributed by atoms with Crippen molar-refractivity contribution >= 4 is 0 Å². The van der Waals surface area contributed by atoms with Crippen LogP contribution in [0.1, 0.15) is 26.7 Å². The zero-order chi connectivity index (χ0) is 6.41. The van der Waals surface area contributed by atoms with Gasteiger partial charge in [0.25, 0.3) is 0 Å². The van der Waals surface area contributed by atoms with Crippen LogP contribution >= 0.6 is 0 Å². The average Bonchev–Trinajstić information content (AvgIpc) is 1.83. The summed E-state index contributed by atoms with van der Waals surface area (Å²) in [6.45, 7) is 3.94. The summed E-state index contributed by atoms with van der Waals surface area (Å²) in [6.07, 6.45) is 4.19. The van der Waals surface area contributed by atoms with Crippen molar-refractivity contribution in [1.29, 1.82) is 0 Å². The first-order valence-corrected chi connectivity index (χ1v) is 3.05. The molecule has 0 N–H and O–H groups in total. The predicted molar refractivity (Wildman–Crippen MR) is 34.2 cm³/mol. The zero-order valence-corrected chi connectivity index (χ0v) is 5.61. The lowest BCUT2D eigenvalue weighted by atomic mass is 10.2. The van der Waals surface area contributed by atoms with Gasteiger partial charge in [-0.05, 0) is 18.9 Å². The molecular weight excluding hydrogens is 100 g/mol. The Balaban J connectivity index is 3.26. The number of allylic oxidation sites excluding steroid dienone is 1. The van der Waals surface area contributed by atoms with Crippen LogP contribution in [0.2, 0.25) is 0 Å². The second kappa shape index (κ2) is 4.85. The van der Waals surface area contributed by atoms with Gasteiger partial charge >= 0.3 is 0 Å². The lowest BCUT2D eigenvalue weighted by molar-refractivity contribution is 0.223. The van der Waals surface area contributed by atoms with E-state index in [1.54, 1.807) is 0 Å². The van der Waals surface area contributed by atoms with Gasteiger partial charge in [-0.2, -0.15) is 0 Å². The summed E-state index contributed by atoms with van der Waals surface area (Å²) >= 11 is 0. The Morgan fingerprint density at radius 2 is 2.25 bits per heavy atom. The van der Waals surface area contributed by atoms with Gasteiger partial charge in [0.2, 0.25) is 0 Å². The molecule has 0 saturated carbocycles. The lowest BCUT2D eigenvalue weighted by Crippen LogP contribution is -1.80. The quantitative estimate of drug-likeness (QED) is 0.500. The van der Waals surface area contributed by atoms with Crippen LogP contribution in [0, 0.1) is 0 Å². The smallest absolute Gasteiger partial charge is 0.103 e. The summed E-state index contributed by atoms with van der Waals surface area (Å²) < 4.78 is 0. The minimum atomic E-state index is -0.0417. The predicted octanol–water partition coefficient (Wildman–Crippen LogP) is 2.16. The Morgan fingerprint density at radius 1 is 1.62 bits per heavy atom. The standard InChI is InChI=1S/C7H13O/c1-3-4-5-7(2)6-8/h5H,3-4,6H2,1-2H3/b7-5+. The summed E-state index contributed by atoms with van der Waals surface area (Å²) in [6, 6.07) is 0. The molecule has 0 aromatic carbocycles. The minimum Gasteiger partial charge on any atom is -0.232 e. The summed E-state index contributed by atoms with van der Waals surface area (Å²) in [7, 11) is 0. The number of unbranched alkanes of at least 4 members (excludes halogenated alkanes) is 1. The number of hydrogen-bond acceptors (Lipinski definition) is 0. The van der Waals surface area contributed by atoms with Crippen molar-refractivity contribution < 1.29 is 5.11 Å². The molecule has 0 rings (SSSR count). The Bertz CT molecular complexity index is 74.5. The van der Waals surface area contributed by atoms with E-state index in [4.69, 9.17) is 0 Å². The van der Waals surface area contributed by atoms with E-state index in [-0.39, 0.29) is 6.61 Å². The van der Waals surface area contributed by atoms with Gasteiger partial charge in [0.05, 0.1) is 0 Å². The summed E-state index contributed by atoms with van der Waals surface area (Å²) in [5.41, 5.74) is 0.965. The molecule has 0 amide bonds. The molecule has 0 aromatic heterocycles. The van der Waals surface area contributed by atoms with Crippen molar-refractivity contribution in [3.8, 4) is 0 Å². The molecule has 1 radical (unpaired) electrons. The highest BCUT2D eigenvalue weighted by Crippen LogP contribution is 1.95.